The largest absolute Gasteiger partial charge is 0.480 e. The summed E-state index contributed by atoms with van der Waals surface area (Å²) in [6.07, 6.45) is 0.0859. The van der Waals surface area contributed by atoms with E-state index < -0.39 is 18.4 Å². The molecule has 1 aromatic rings. The molecule has 2 rings (SSSR count). The van der Waals surface area contributed by atoms with Gasteiger partial charge < -0.3 is 15.3 Å². The summed E-state index contributed by atoms with van der Waals surface area (Å²) >= 11 is 5.77. The van der Waals surface area contributed by atoms with Gasteiger partial charge in [0.25, 0.3) is 0 Å². The molecule has 1 aliphatic rings. The molecule has 6 nitrogen and oxygen atoms in total. The number of benzene rings is 1. The quantitative estimate of drug-likeness (QED) is 0.864. The van der Waals surface area contributed by atoms with Crippen LogP contribution in [0.5, 0.6) is 0 Å². The number of carbonyl (C=O) groups is 3. The van der Waals surface area contributed by atoms with E-state index in [9.17, 15) is 14.4 Å². The molecule has 1 heterocycles. The topological polar surface area (TPSA) is 86.7 Å². The lowest BCUT2D eigenvalue weighted by molar-refractivity contribution is -0.137. The van der Waals surface area contributed by atoms with Crippen molar-refractivity contribution in [3.63, 3.8) is 0 Å². The molecule has 1 aromatic carbocycles. The van der Waals surface area contributed by atoms with Crippen LogP contribution >= 0.6 is 11.6 Å². The number of hydrogen-bond donors (Lipinski definition) is 2. The van der Waals surface area contributed by atoms with E-state index in [2.05, 4.69) is 5.32 Å². The molecule has 1 unspecified atom stereocenters. The van der Waals surface area contributed by atoms with Gasteiger partial charge in [-0.2, -0.15) is 0 Å². The van der Waals surface area contributed by atoms with Gasteiger partial charge in [0, 0.05) is 23.7 Å². The van der Waals surface area contributed by atoms with Crippen LogP contribution in [-0.2, 0) is 14.4 Å². The van der Waals surface area contributed by atoms with E-state index in [1.54, 1.807) is 24.3 Å². The Morgan fingerprint density at radius 3 is 2.50 bits per heavy atom. The standard InChI is InChI=1S/C13H13ClN2O4/c14-9-1-3-10(4-2-9)16(7-12(18)19)13(20)8-5-11(17)15-6-8/h1-4,8H,5-7H2,(H,15,17)(H,18,19). The lowest BCUT2D eigenvalue weighted by atomic mass is 10.1. The predicted octanol–water partition coefficient (Wildman–Crippen LogP) is 0.894. The summed E-state index contributed by atoms with van der Waals surface area (Å²) in [5.74, 6) is -2.23. The van der Waals surface area contributed by atoms with Gasteiger partial charge in [0.1, 0.15) is 6.54 Å². The summed E-state index contributed by atoms with van der Waals surface area (Å²) in [5.41, 5.74) is 0.446. The zero-order chi connectivity index (χ0) is 14.7. The molecule has 0 spiro atoms. The number of anilines is 1. The Morgan fingerprint density at radius 2 is 2.00 bits per heavy atom. The van der Waals surface area contributed by atoms with Crippen LogP contribution in [-0.4, -0.2) is 36.0 Å². The van der Waals surface area contributed by atoms with E-state index in [0.29, 0.717) is 10.7 Å². The van der Waals surface area contributed by atoms with Crippen LogP contribution in [0.3, 0.4) is 0 Å². The number of carbonyl (C=O) groups excluding carboxylic acids is 2. The molecule has 7 heteroatoms. The van der Waals surface area contributed by atoms with Gasteiger partial charge in [-0.15, -0.1) is 0 Å². The Morgan fingerprint density at radius 1 is 1.35 bits per heavy atom. The minimum absolute atomic E-state index is 0.0859. The van der Waals surface area contributed by atoms with Crippen molar-refractivity contribution in [3.8, 4) is 0 Å². The second-order valence-corrected chi connectivity index (χ2v) is 4.94. The van der Waals surface area contributed by atoms with Gasteiger partial charge in [0.05, 0.1) is 5.92 Å². The number of rotatable bonds is 4. The van der Waals surface area contributed by atoms with Crippen molar-refractivity contribution in [3.05, 3.63) is 29.3 Å². The van der Waals surface area contributed by atoms with Crippen molar-refractivity contribution in [1.29, 1.82) is 0 Å². The van der Waals surface area contributed by atoms with Crippen LogP contribution in [0.4, 0.5) is 5.69 Å². The Labute approximate surface area is 120 Å². The molecule has 0 bridgehead atoms. The first-order valence-electron chi connectivity index (χ1n) is 6.03. The van der Waals surface area contributed by atoms with Crippen LogP contribution in [0, 0.1) is 5.92 Å². The predicted molar refractivity (Wildman–Crippen MR) is 72.6 cm³/mol. The molecule has 2 N–H and O–H groups in total. The Kier molecular flexibility index (Phi) is 4.24. The van der Waals surface area contributed by atoms with Crippen molar-refractivity contribution in [2.75, 3.05) is 18.0 Å². The number of amides is 2. The molecular formula is C13H13ClN2O4. The van der Waals surface area contributed by atoms with Crippen LogP contribution in [0.15, 0.2) is 24.3 Å². The molecule has 106 valence electrons. The number of aliphatic carboxylic acids is 1. The second-order valence-electron chi connectivity index (χ2n) is 4.50. The fraction of sp³-hybridized carbons (Fsp3) is 0.308. The summed E-state index contributed by atoms with van der Waals surface area (Å²) in [6, 6.07) is 6.31. The van der Waals surface area contributed by atoms with Crippen molar-refractivity contribution in [2.24, 2.45) is 5.92 Å². The third-order valence-corrected chi connectivity index (χ3v) is 3.28. The monoisotopic (exact) mass is 296 g/mol. The molecule has 0 saturated carbocycles. The molecule has 1 fully saturated rings. The summed E-state index contributed by atoms with van der Waals surface area (Å²) in [4.78, 5) is 35.6. The lowest BCUT2D eigenvalue weighted by Gasteiger charge is -2.23. The van der Waals surface area contributed by atoms with Crippen molar-refractivity contribution < 1.29 is 19.5 Å². The first-order valence-corrected chi connectivity index (χ1v) is 6.40. The number of halogens is 1. The van der Waals surface area contributed by atoms with Crippen LogP contribution in [0.2, 0.25) is 5.02 Å². The minimum Gasteiger partial charge on any atom is -0.480 e. The molecule has 20 heavy (non-hydrogen) atoms. The second kappa shape index (κ2) is 5.92. The minimum atomic E-state index is -1.12. The lowest BCUT2D eigenvalue weighted by Crippen LogP contribution is -2.40. The van der Waals surface area contributed by atoms with Crippen molar-refractivity contribution in [2.45, 2.75) is 6.42 Å². The van der Waals surface area contributed by atoms with Gasteiger partial charge in [0.15, 0.2) is 0 Å². The first kappa shape index (κ1) is 14.3. The maximum absolute atomic E-state index is 12.3. The van der Waals surface area contributed by atoms with Crippen LogP contribution in [0.25, 0.3) is 0 Å². The van der Waals surface area contributed by atoms with Crippen LogP contribution in [0.1, 0.15) is 6.42 Å². The van der Waals surface area contributed by atoms with Crippen molar-refractivity contribution >= 4 is 35.1 Å². The molecular weight excluding hydrogens is 284 g/mol. The van der Waals surface area contributed by atoms with Crippen LogP contribution < -0.4 is 10.2 Å². The maximum Gasteiger partial charge on any atom is 0.323 e. The van der Waals surface area contributed by atoms with Gasteiger partial charge in [-0.25, -0.2) is 0 Å². The first-order chi connectivity index (χ1) is 9.47. The number of hydrogen-bond acceptors (Lipinski definition) is 3. The van der Waals surface area contributed by atoms with E-state index in [1.807, 2.05) is 0 Å². The highest BCUT2D eigenvalue weighted by Crippen LogP contribution is 2.22. The molecule has 0 aliphatic carbocycles. The van der Waals surface area contributed by atoms with E-state index in [4.69, 9.17) is 16.7 Å². The molecule has 0 aromatic heterocycles. The van der Waals surface area contributed by atoms with Gasteiger partial charge in [0.2, 0.25) is 11.8 Å². The van der Waals surface area contributed by atoms with E-state index in [0.717, 1.165) is 4.90 Å². The number of carboxylic acid groups (broad SMARTS) is 1. The van der Waals surface area contributed by atoms with Crippen molar-refractivity contribution in [1.82, 2.24) is 5.32 Å². The van der Waals surface area contributed by atoms with Gasteiger partial charge in [-0.3, -0.25) is 14.4 Å². The molecule has 1 aliphatic heterocycles. The molecule has 0 radical (unpaired) electrons. The smallest absolute Gasteiger partial charge is 0.323 e. The Hall–Kier alpha value is -2.08. The number of nitrogens with one attached hydrogen (secondary N) is 1. The normalized spacial score (nSPS) is 17.6. The Balaban J connectivity index is 2.22. The maximum atomic E-state index is 12.3. The highest BCUT2D eigenvalue weighted by Gasteiger charge is 2.32. The fourth-order valence-electron chi connectivity index (χ4n) is 2.05. The number of carboxylic acids is 1. The van der Waals surface area contributed by atoms with Gasteiger partial charge in [-0.05, 0) is 24.3 Å². The average Bonchev–Trinajstić information content (AvgIpc) is 2.83. The highest BCUT2D eigenvalue weighted by molar-refractivity contribution is 6.30. The SMILES string of the molecule is O=C(O)CN(C(=O)C1CNC(=O)C1)c1ccc(Cl)cc1. The third-order valence-electron chi connectivity index (χ3n) is 3.02. The molecule has 1 atom stereocenters. The summed E-state index contributed by atoms with van der Waals surface area (Å²) in [6.45, 7) is -0.216. The van der Waals surface area contributed by atoms with E-state index in [-0.39, 0.29) is 24.8 Å². The summed E-state index contributed by atoms with van der Waals surface area (Å²) < 4.78 is 0. The summed E-state index contributed by atoms with van der Waals surface area (Å²) in [5, 5.41) is 12.0. The highest BCUT2D eigenvalue weighted by atomic mass is 35.5. The zero-order valence-corrected chi connectivity index (χ0v) is 11.3. The molecule has 1 saturated heterocycles. The zero-order valence-electron chi connectivity index (χ0n) is 10.5. The van der Waals surface area contributed by atoms with E-state index in [1.165, 1.54) is 0 Å². The Bertz CT molecular complexity index is 544. The van der Waals surface area contributed by atoms with Gasteiger partial charge >= 0.3 is 5.97 Å². The van der Waals surface area contributed by atoms with Gasteiger partial charge in [-0.1, -0.05) is 11.6 Å². The molecule has 2 amide bonds. The van der Waals surface area contributed by atoms with E-state index >= 15 is 0 Å². The average molecular weight is 297 g/mol. The third kappa shape index (κ3) is 3.27. The summed E-state index contributed by atoms with van der Waals surface area (Å²) in [7, 11) is 0. The number of nitrogens with zero attached hydrogens (tertiary/aromatic N) is 1. The fourth-order valence-corrected chi connectivity index (χ4v) is 2.18.